The van der Waals surface area contributed by atoms with Gasteiger partial charge in [0.05, 0.1) is 0 Å². The number of likely N-dealkylation sites (tertiary alicyclic amines) is 1. The largest absolute Gasteiger partial charge is 0.356 e. The van der Waals surface area contributed by atoms with Crippen LogP contribution in [0.1, 0.15) is 12.8 Å². The van der Waals surface area contributed by atoms with Gasteiger partial charge in [0.15, 0.2) is 0 Å². The summed E-state index contributed by atoms with van der Waals surface area (Å²) in [5.41, 5.74) is 5.08. The molecular weight excluding hydrogens is 158 g/mol. The highest BCUT2D eigenvalue weighted by molar-refractivity contribution is 5.72. The van der Waals surface area contributed by atoms with Gasteiger partial charge in [-0.25, -0.2) is 4.79 Å². The molecule has 5 nitrogen and oxygen atoms in total. The van der Waals surface area contributed by atoms with E-state index >= 15 is 0 Å². The molecule has 0 aliphatic carbocycles. The van der Waals surface area contributed by atoms with Crippen molar-refractivity contribution in [3.8, 4) is 0 Å². The maximum atomic E-state index is 10.7. The van der Waals surface area contributed by atoms with Gasteiger partial charge in [0.1, 0.15) is 0 Å². The maximum absolute atomic E-state index is 10.7. The fourth-order valence-corrected chi connectivity index (χ4v) is 1.36. The van der Waals surface area contributed by atoms with Gasteiger partial charge in [-0.1, -0.05) is 0 Å². The predicted molar refractivity (Wildman–Crippen MR) is 43.4 cm³/mol. The van der Waals surface area contributed by atoms with Crippen molar-refractivity contribution < 1.29 is 9.59 Å². The quantitative estimate of drug-likeness (QED) is 0.538. The van der Waals surface area contributed by atoms with Crippen LogP contribution in [0, 0.1) is 0 Å². The average molecular weight is 171 g/mol. The highest BCUT2D eigenvalue weighted by Gasteiger charge is 2.19. The summed E-state index contributed by atoms with van der Waals surface area (Å²) in [5, 5.41) is 2.68. The van der Waals surface area contributed by atoms with E-state index in [4.69, 9.17) is 5.73 Å². The second-order valence-electron chi connectivity index (χ2n) is 2.88. The van der Waals surface area contributed by atoms with Crippen molar-refractivity contribution in [1.29, 1.82) is 0 Å². The van der Waals surface area contributed by atoms with Crippen LogP contribution >= 0.6 is 0 Å². The normalized spacial score (nSPS) is 18.8. The Morgan fingerprint density at radius 2 is 2.08 bits per heavy atom. The van der Waals surface area contributed by atoms with Crippen molar-refractivity contribution in [3.63, 3.8) is 0 Å². The van der Waals surface area contributed by atoms with Gasteiger partial charge in [0.2, 0.25) is 6.41 Å². The molecule has 1 fully saturated rings. The van der Waals surface area contributed by atoms with E-state index in [0.717, 1.165) is 12.8 Å². The molecule has 1 saturated heterocycles. The van der Waals surface area contributed by atoms with Gasteiger partial charge >= 0.3 is 6.03 Å². The number of nitrogens with one attached hydrogen (secondary N) is 1. The Morgan fingerprint density at radius 1 is 1.50 bits per heavy atom. The van der Waals surface area contributed by atoms with Crippen molar-refractivity contribution >= 4 is 12.4 Å². The first-order valence-electron chi connectivity index (χ1n) is 3.98. The van der Waals surface area contributed by atoms with Gasteiger partial charge in [-0.05, 0) is 12.8 Å². The van der Waals surface area contributed by atoms with Crippen molar-refractivity contribution in [2.75, 3.05) is 13.1 Å². The highest BCUT2D eigenvalue weighted by atomic mass is 16.2. The van der Waals surface area contributed by atoms with Gasteiger partial charge in [0.25, 0.3) is 0 Å². The average Bonchev–Trinajstić information content (AvgIpc) is 2.06. The zero-order valence-corrected chi connectivity index (χ0v) is 6.82. The lowest BCUT2D eigenvalue weighted by atomic mass is 10.1. The molecule has 0 saturated carbocycles. The van der Waals surface area contributed by atoms with Crippen LogP contribution in [0.5, 0.6) is 0 Å². The van der Waals surface area contributed by atoms with Crippen LogP contribution in [0.3, 0.4) is 0 Å². The number of nitrogens with zero attached hydrogens (tertiary/aromatic N) is 1. The molecule has 0 unspecified atom stereocenters. The summed E-state index contributed by atoms with van der Waals surface area (Å²) >= 11 is 0. The SMILES string of the molecule is NC(=O)N1CCC(NC=O)CC1. The summed E-state index contributed by atoms with van der Waals surface area (Å²) in [5.74, 6) is 0. The van der Waals surface area contributed by atoms with Crippen LogP contribution in [-0.2, 0) is 4.79 Å². The molecule has 3 N–H and O–H groups in total. The topological polar surface area (TPSA) is 75.4 Å². The smallest absolute Gasteiger partial charge is 0.314 e. The number of rotatable bonds is 2. The van der Waals surface area contributed by atoms with Gasteiger partial charge in [-0.2, -0.15) is 0 Å². The Hall–Kier alpha value is -1.26. The Balaban J connectivity index is 2.29. The number of carbonyl (C=O) groups is 2. The van der Waals surface area contributed by atoms with E-state index in [0.29, 0.717) is 19.5 Å². The number of amides is 3. The van der Waals surface area contributed by atoms with E-state index in [2.05, 4.69) is 5.32 Å². The molecule has 12 heavy (non-hydrogen) atoms. The fourth-order valence-electron chi connectivity index (χ4n) is 1.36. The zero-order chi connectivity index (χ0) is 8.97. The molecule has 1 rings (SSSR count). The number of carbonyl (C=O) groups excluding carboxylic acids is 2. The monoisotopic (exact) mass is 171 g/mol. The lowest BCUT2D eigenvalue weighted by Gasteiger charge is -2.30. The van der Waals surface area contributed by atoms with Gasteiger partial charge in [-0.15, -0.1) is 0 Å². The van der Waals surface area contributed by atoms with Crippen LogP contribution < -0.4 is 11.1 Å². The van der Waals surface area contributed by atoms with Crippen LogP contribution in [0.4, 0.5) is 4.79 Å². The molecule has 0 aromatic rings. The lowest BCUT2D eigenvalue weighted by molar-refractivity contribution is -0.110. The van der Waals surface area contributed by atoms with E-state index in [1.807, 2.05) is 0 Å². The summed E-state index contributed by atoms with van der Waals surface area (Å²) in [7, 11) is 0. The number of primary amides is 1. The Labute approximate surface area is 70.9 Å². The minimum Gasteiger partial charge on any atom is -0.356 e. The van der Waals surface area contributed by atoms with Gasteiger partial charge in [0, 0.05) is 19.1 Å². The lowest BCUT2D eigenvalue weighted by Crippen LogP contribution is -2.46. The van der Waals surface area contributed by atoms with Crippen LogP contribution in [0.25, 0.3) is 0 Å². The predicted octanol–water partition coefficient (Wildman–Crippen LogP) is -0.725. The molecule has 0 aromatic carbocycles. The molecule has 1 heterocycles. The molecular formula is C7H13N3O2. The molecule has 68 valence electrons. The Kier molecular flexibility index (Phi) is 2.90. The third-order valence-corrected chi connectivity index (χ3v) is 2.11. The van der Waals surface area contributed by atoms with E-state index in [1.54, 1.807) is 4.90 Å². The number of hydrogen-bond acceptors (Lipinski definition) is 2. The maximum Gasteiger partial charge on any atom is 0.314 e. The summed E-state index contributed by atoms with van der Waals surface area (Å²) in [6.45, 7) is 1.28. The van der Waals surface area contributed by atoms with E-state index < -0.39 is 0 Å². The van der Waals surface area contributed by atoms with Crippen molar-refractivity contribution in [1.82, 2.24) is 10.2 Å². The molecule has 0 aromatic heterocycles. The molecule has 1 aliphatic heterocycles. The van der Waals surface area contributed by atoms with Crippen LogP contribution in [0.2, 0.25) is 0 Å². The van der Waals surface area contributed by atoms with E-state index in [-0.39, 0.29) is 12.1 Å². The van der Waals surface area contributed by atoms with Crippen molar-refractivity contribution in [3.05, 3.63) is 0 Å². The third kappa shape index (κ3) is 2.11. The standard InChI is InChI=1S/C7H13N3O2/c8-7(12)10-3-1-6(2-4-10)9-5-11/h5-6H,1-4H2,(H2,8,12)(H,9,11). The number of hydrogen-bond donors (Lipinski definition) is 2. The first kappa shape index (κ1) is 8.83. The highest BCUT2D eigenvalue weighted by Crippen LogP contribution is 2.08. The van der Waals surface area contributed by atoms with Crippen molar-refractivity contribution in [2.24, 2.45) is 5.73 Å². The first-order chi connectivity index (χ1) is 5.74. The minimum atomic E-state index is -0.375. The number of piperidine rings is 1. The third-order valence-electron chi connectivity index (χ3n) is 2.11. The molecule has 1 aliphatic rings. The Morgan fingerprint density at radius 3 is 2.50 bits per heavy atom. The summed E-state index contributed by atoms with van der Waals surface area (Å²) < 4.78 is 0. The summed E-state index contributed by atoms with van der Waals surface area (Å²) in [6, 6.07) is -0.169. The molecule has 3 amide bonds. The molecule has 5 heteroatoms. The Bertz CT molecular complexity index is 175. The first-order valence-corrected chi connectivity index (χ1v) is 3.98. The molecule has 0 atom stereocenters. The number of urea groups is 1. The van der Waals surface area contributed by atoms with Crippen LogP contribution in [0.15, 0.2) is 0 Å². The zero-order valence-electron chi connectivity index (χ0n) is 6.82. The fraction of sp³-hybridized carbons (Fsp3) is 0.714. The van der Waals surface area contributed by atoms with E-state index in [9.17, 15) is 9.59 Å². The minimum absolute atomic E-state index is 0.207. The number of nitrogens with two attached hydrogens (primary N) is 1. The molecule has 0 bridgehead atoms. The molecule has 0 radical (unpaired) electrons. The van der Waals surface area contributed by atoms with E-state index in [1.165, 1.54) is 0 Å². The van der Waals surface area contributed by atoms with Gasteiger partial charge in [-0.3, -0.25) is 4.79 Å². The summed E-state index contributed by atoms with van der Waals surface area (Å²) in [4.78, 5) is 22.3. The summed E-state index contributed by atoms with van der Waals surface area (Å²) in [6.07, 6.45) is 2.29. The molecule has 0 spiro atoms. The second-order valence-corrected chi connectivity index (χ2v) is 2.88. The van der Waals surface area contributed by atoms with Crippen molar-refractivity contribution in [2.45, 2.75) is 18.9 Å². The van der Waals surface area contributed by atoms with Crippen LogP contribution in [-0.4, -0.2) is 36.5 Å². The second kappa shape index (κ2) is 3.94. The van der Waals surface area contributed by atoms with Gasteiger partial charge < -0.3 is 16.0 Å².